The Morgan fingerprint density at radius 1 is 0.323 bits per heavy atom. The SMILES string of the molecule is CC/C=C\C/C=C\C/C=C\C/C=C\C/C=C\C/C=C\C/C=C\C/C=C\C/C=C\C/C=C\C/C=C\CCCCCCCC(=O)OC(COC(=O)CCCCCCCCCCCCC/C=C\C/C=C\C/C=C\C/C=C\C/C=C\C/C=C\C/C=C\CC)COP(=O)([O-])OCC[N+](C)(C)C. The maximum Gasteiger partial charge on any atom is 0.306 e. The first-order chi connectivity index (χ1) is 47.0. The highest BCUT2D eigenvalue weighted by Crippen LogP contribution is 2.38. The Hall–Kier alpha value is -5.67. The van der Waals surface area contributed by atoms with Gasteiger partial charge in [-0.25, -0.2) is 0 Å². The Labute approximate surface area is 588 Å². The van der Waals surface area contributed by atoms with E-state index in [-0.39, 0.29) is 26.1 Å². The third-order valence-electron chi connectivity index (χ3n) is 15.0. The van der Waals surface area contributed by atoms with Crippen LogP contribution in [0.3, 0.4) is 0 Å². The van der Waals surface area contributed by atoms with E-state index in [0.717, 1.165) is 173 Å². The molecule has 0 aliphatic carbocycles. The number of nitrogens with zero attached hydrogens (tertiary/aromatic N) is 1. The minimum absolute atomic E-state index is 0.0472. The van der Waals surface area contributed by atoms with Crippen molar-refractivity contribution in [2.75, 3.05) is 47.5 Å². The first-order valence-corrected chi connectivity index (χ1v) is 38.9. The topological polar surface area (TPSA) is 111 Å². The van der Waals surface area contributed by atoms with E-state index in [2.05, 4.69) is 233 Å². The summed E-state index contributed by atoms with van der Waals surface area (Å²) >= 11 is 0. The molecule has 0 heterocycles. The third-order valence-corrected chi connectivity index (χ3v) is 16.0. The van der Waals surface area contributed by atoms with Crippen molar-refractivity contribution >= 4 is 19.8 Å². The average molecular weight is 1340 g/mol. The van der Waals surface area contributed by atoms with Crippen molar-refractivity contribution < 1.29 is 42.1 Å². The van der Waals surface area contributed by atoms with Gasteiger partial charge in [0.1, 0.15) is 19.8 Å². The van der Waals surface area contributed by atoms with Gasteiger partial charge >= 0.3 is 11.9 Å². The molecule has 0 bridgehead atoms. The lowest BCUT2D eigenvalue weighted by Crippen LogP contribution is -2.37. The molecule has 2 unspecified atom stereocenters. The normalized spacial score (nSPS) is 14.4. The average Bonchev–Trinajstić information content (AvgIpc) is 1.98. The number of likely N-dealkylation sites (N-methyl/N-ethyl adjacent to an activating group) is 1. The molecular weight excluding hydrogens is 1210 g/mol. The van der Waals surface area contributed by atoms with Crippen molar-refractivity contribution in [1.29, 1.82) is 0 Å². The number of allylic oxidation sites excluding steroid dienone is 36. The van der Waals surface area contributed by atoms with Crippen LogP contribution in [0.5, 0.6) is 0 Å². The van der Waals surface area contributed by atoms with Crippen molar-refractivity contribution in [2.24, 2.45) is 0 Å². The predicted molar refractivity (Wildman–Crippen MR) is 415 cm³/mol. The summed E-state index contributed by atoms with van der Waals surface area (Å²) in [5, 5.41) is 0. The van der Waals surface area contributed by atoms with E-state index in [4.69, 9.17) is 18.5 Å². The number of esters is 2. The van der Waals surface area contributed by atoms with Crippen LogP contribution in [-0.4, -0.2) is 70.0 Å². The van der Waals surface area contributed by atoms with Crippen LogP contribution in [-0.2, 0) is 32.7 Å². The second-order valence-electron chi connectivity index (χ2n) is 25.2. The van der Waals surface area contributed by atoms with Crippen LogP contribution in [0.15, 0.2) is 219 Å². The Morgan fingerprint density at radius 2 is 0.562 bits per heavy atom. The summed E-state index contributed by atoms with van der Waals surface area (Å²) in [7, 11) is 1.12. The molecule has 0 aliphatic heterocycles. The van der Waals surface area contributed by atoms with Crippen LogP contribution in [0.1, 0.15) is 258 Å². The van der Waals surface area contributed by atoms with E-state index in [1.54, 1.807) is 0 Å². The van der Waals surface area contributed by atoms with Gasteiger partial charge in [-0.05, 0) is 154 Å². The van der Waals surface area contributed by atoms with E-state index in [1.807, 2.05) is 21.1 Å². The monoisotopic (exact) mass is 1340 g/mol. The number of carbonyl (C=O) groups excluding carboxylic acids is 2. The van der Waals surface area contributed by atoms with Crippen LogP contribution >= 0.6 is 7.82 Å². The zero-order valence-electron chi connectivity index (χ0n) is 61.2. The number of hydrogen-bond acceptors (Lipinski definition) is 8. The van der Waals surface area contributed by atoms with Crippen LogP contribution in [0.4, 0.5) is 0 Å². The highest BCUT2D eigenvalue weighted by molar-refractivity contribution is 7.45. The fourth-order valence-corrected chi connectivity index (χ4v) is 10.1. The zero-order chi connectivity index (χ0) is 69.7. The molecule has 0 amide bonds. The molecule has 0 aromatic carbocycles. The number of ether oxygens (including phenoxy) is 2. The summed E-state index contributed by atoms with van der Waals surface area (Å²) in [6.45, 7) is 3.96. The van der Waals surface area contributed by atoms with Gasteiger partial charge < -0.3 is 27.9 Å². The molecule has 0 rings (SSSR count). The Kier molecular flexibility index (Phi) is 69.2. The molecule has 9 nitrogen and oxygen atoms in total. The van der Waals surface area contributed by atoms with Gasteiger partial charge in [0, 0.05) is 12.8 Å². The van der Waals surface area contributed by atoms with Crippen molar-refractivity contribution in [1.82, 2.24) is 0 Å². The Bertz CT molecular complexity index is 2430. The molecule has 0 saturated carbocycles. The second-order valence-corrected chi connectivity index (χ2v) is 26.6. The number of unbranched alkanes of at least 4 members (excludes halogenated alkanes) is 16. The van der Waals surface area contributed by atoms with Gasteiger partial charge in [0.2, 0.25) is 0 Å². The minimum atomic E-state index is -4.67. The molecule has 0 aromatic heterocycles. The standard InChI is InChI=1S/C86H136NO8P/c1-6-8-10-12-14-16-18-20-22-24-26-28-30-32-34-36-38-40-41-42-43-44-45-47-49-51-53-55-57-59-61-63-65-67-69-71-73-75-77-79-86(89)95-84(83-94-96(90,91)93-81-80-87(3,4)5)82-92-85(88)78-76-74-72-70-68-66-64-62-60-58-56-54-52-50-48-46-39-37-35-33-31-29-27-25-23-21-19-17-15-13-11-9-7-2/h8-11,14-17,20-23,26-29,32-35,38-40,42-43,45-47,50-53,57,59,63,65,84H,6-7,12-13,18-19,24-25,30-31,36-37,41,44,48-49,54-56,58,60-62,64,66-83H2,1-5H3/b10-8-,11-9-,16-14-,17-15-,22-20-,23-21-,28-26-,29-27-,34-32-,35-33-,40-38-,43-42-,46-39-,47-45-,52-50-,53-51-,59-57-,65-63-. The van der Waals surface area contributed by atoms with E-state index in [1.165, 1.54) is 44.9 Å². The maximum atomic E-state index is 12.9. The second kappa shape index (κ2) is 73.6. The Balaban J connectivity index is 4.17. The summed E-state index contributed by atoms with van der Waals surface area (Å²) in [6, 6.07) is 0. The molecule has 538 valence electrons. The summed E-state index contributed by atoms with van der Waals surface area (Å²) in [5.41, 5.74) is 0. The number of phosphoric ester groups is 1. The van der Waals surface area contributed by atoms with Gasteiger partial charge in [0.15, 0.2) is 6.10 Å². The summed E-state index contributed by atoms with van der Waals surface area (Å²) < 4.78 is 34.3. The molecule has 10 heteroatoms. The van der Waals surface area contributed by atoms with Gasteiger partial charge in [-0.15, -0.1) is 0 Å². The number of carbonyl (C=O) groups is 2. The molecular formula is C86H136NO8P. The number of phosphoric acid groups is 1. The first kappa shape index (κ1) is 90.3. The van der Waals surface area contributed by atoms with E-state index in [9.17, 15) is 19.0 Å². The molecule has 0 aliphatic rings. The highest BCUT2D eigenvalue weighted by Gasteiger charge is 2.22. The lowest BCUT2D eigenvalue weighted by molar-refractivity contribution is -0.870. The summed E-state index contributed by atoms with van der Waals surface area (Å²) in [6.07, 6.45) is 117. The first-order valence-electron chi connectivity index (χ1n) is 37.4. The quantitative estimate of drug-likeness (QED) is 0.0195. The van der Waals surface area contributed by atoms with Crippen LogP contribution in [0.25, 0.3) is 0 Å². The van der Waals surface area contributed by atoms with Crippen LogP contribution < -0.4 is 4.89 Å². The largest absolute Gasteiger partial charge is 0.756 e. The predicted octanol–water partition coefficient (Wildman–Crippen LogP) is 24.5. The zero-order valence-corrected chi connectivity index (χ0v) is 62.1. The summed E-state index contributed by atoms with van der Waals surface area (Å²) in [4.78, 5) is 38.1. The van der Waals surface area contributed by atoms with Gasteiger partial charge in [-0.2, -0.15) is 0 Å². The molecule has 0 fully saturated rings. The number of hydrogen-bond donors (Lipinski definition) is 0. The van der Waals surface area contributed by atoms with Crippen molar-refractivity contribution in [2.45, 2.75) is 264 Å². The highest BCUT2D eigenvalue weighted by atomic mass is 31.2. The van der Waals surface area contributed by atoms with Crippen molar-refractivity contribution in [3.8, 4) is 0 Å². The smallest absolute Gasteiger partial charge is 0.306 e. The number of rotatable bonds is 66. The fraction of sp³-hybridized carbons (Fsp3) is 0.558. The van der Waals surface area contributed by atoms with Gasteiger partial charge in [-0.3, -0.25) is 14.2 Å². The van der Waals surface area contributed by atoms with E-state index in [0.29, 0.717) is 23.9 Å². The summed E-state index contributed by atoms with van der Waals surface area (Å²) in [5.74, 6) is -0.873. The van der Waals surface area contributed by atoms with E-state index < -0.39 is 32.5 Å². The lowest BCUT2D eigenvalue weighted by atomic mass is 10.0. The van der Waals surface area contributed by atoms with Gasteiger partial charge in [-0.1, -0.05) is 310 Å². The van der Waals surface area contributed by atoms with Crippen molar-refractivity contribution in [3.63, 3.8) is 0 Å². The fourth-order valence-electron chi connectivity index (χ4n) is 9.35. The molecule has 0 N–H and O–H groups in total. The molecule has 96 heavy (non-hydrogen) atoms. The molecule has 2 atom stereocenters. The lowest BCUT2D eigenvalue weighted by Gasteiger charge is -2.28. The minimum Gasteiger partial charge on any atom is -0.756 e. The third kappa shape index (κ3) is 77.3. The molecule has 0 aromatic rings. The number of quaternary nitrogens is 1. The van der Waals surface area contributed by atoms with Gasteiger partial charge in [0.05, 0.1) is 27.7 Å². The molecule has 0 saturated heterocycles. The van der Waals surface area contributed by atoms with Crippen molar-refractivity contribution in [3.05, 3.63) is 219 Å². The van der Waals surface area contributed by atoms with Gasteiger partial charge in [0.25, 0.3) is 7.82 Å². The Morgan fingerprint density at radius 3 is 0.833 bits per heavy atom. The van der Waals surface area contributed by atoms with Crippen LogP contribution in [0, 0.1) is 0 Å². The molecule has 0 radical (unpaired) electrons. The molecule has 0 spiro atoms. The maximum absolute atomic E-state index is 12.9. The van der Waals surface area contributed by atoms with Crippen LogP contribution in [0.2, 0.25) is 0 Å². The van der Waals surface area contributed by atoms with E-state index >= 15 is 0 Å².